The smallest absolute Gasteiger partial charge is 0.254 e. The van der Waals surface area contributed by atoms with Gasteiger partial charge in [-0.05, 0) is 37.7 Å². The molecule has 1 saturated carbocycles. The number of carbonyl (C=O) groups is 1. The maximum absolute atomic E-state index is 13.1. The molecule has 5 heteroatoms. The molecule has 1 heterocycles. The first-order valence-electron chi connectivity index (χ1n) is 6.93. The largest absolute Gasteiger partial charge is 0.334 e. The number of nitriles is 1. The number of aromatic nitrogens is 1. The summed E-state index contributed by atoms with van der Waals surface area (Å²) in [6, 6.07) is 3.36. The normalized spacial score (nSPS) is 25.8. The predicted octanol–water partition coefficient (Wildman–Crippen LogP) is 2.81. The standard InChI is InChI=1S/C15H18FN3O/c1-2-11-3-5-15(10-17,6-4-11)19-14(20)12-7-13(16)9-18-8-12/h7-9,11H,2-6H2,1H3,(H,19,20). The molecule has 0 unspecified atom stereocenters. The molecule has 20 heavy (non-hydrogen) atoms. The molecule has 2 rings (SSSR count). The second kappa shape index (κ2) is 6.00. The van der Waals surface area contributed by atoms with Crippen LogP contribution in [0.2, 0.25) is 0 Å². The fourth-order valence-electron chi connectivity index (χ4n) is 2.67. The molecule has 4 nitrogen and oxygen atoms in total. The Kier molecular flexibility index (Phi) is 4.33. The fourth-order valence-corrected chi connectivity index (χ4v) is 2.67. The Morgan fingerprint density at radius 2 is 2.25 bits per heavy atom. The Morgan fingerprint density at radius 1 is 1.55 bits per heavy atom. The van der Waals surface area contributed by atoms with E-state index in [1.807, 2.05) is 0 Å². The van der Waals surface area contributed by atoms with Crippen molar-refractivity contribution in [1.29, 1.82) is 5.26 Å². The van der Waals surface area contributed by atoms with Crippen LogP contribution in [-0.2, 0) is 0 Å². The van der Waals surface area contributed by atoms with Crippen LogP contribution in [0.25, 0.3) is 0 Å². The molecule has 0 atom stereocenters. The van der Waals surface area contributed by atoms with Crippen molar-refractivity contribution in [3.63, 3.8) is 0 Å². The third-order valence-electron chi connectivity index (χ3n) is 4.07. The Balaban J connectivity index is 2.07. The van der Waals surface area contributed by atoms with Gasteiger partial charge in [0.1, 0.15) is 11.4 Å². The number of rotatable bonds is 3. The van der Waals surface area contributed by atoms with E-state index in [4.69, 9.17) is 0 Å². The minimum Gasteiger partial charge on any atom is -0.334 e. The zero-order valence-corrected chi connectivity index (χ0v) is 11.5. The van der Waals surface area contributed by atoms with Crippen molar-refractivity contribution in [2.75, 3.05) is 0 Å². The van der Waals surface area contributed by atoms with Crippen LogP contribution in [-0.4, -0.2) is 16.4 Å². The summed E-state index contributed by atoms with van der Waals surface area (Å²) in [6.45, 7) is 2.14. The van der Waals surface area contributed by atoms with Crippen LogP contribution in [0.3, 0.4) is 0 Å². The van der Waals surface area contributed by atoms with Gasteiger partial charge >= 0.3 is 0 Å². The molecule has 0 spiro atoms. The summed E-state index contributed by atoms with van der Waals surface area (Å²) in [4.78, 5) is 15.8. The van der Waals surface area contributed by atoms with Crippen LogP contribution in [0.4, 0.5) is 4.39 Å². The first-order valence-corrected chi connectivity index (χ1v) is 6.93. The van der Waals surface area contributed by atoms with Crippen molar-refractivity contribution in [1.82, 2.24) is 10.3 Å². The molecule has 0 bridgehead atoms. The van der Waals surface area contributed by atoms with Crippen molar-refractivity contribution in [2.24, 2.45) is 5.92 Å². The van der Waals surface area contributed by atoms with Gasteiger partial charge in [0.25, 0.3) is 5.91 Å². The number of hydrogen-bond donors (Lipinski definition) is 1. The molecular formula is C15H18FN3O. The molecule has 1 aromatic rings. The predicted molar refractivity (Wildman–Crippen MR) is 72.3 cm³/mol. The number of pyridine rings is 1. The van der Waals surface area contributed by atoms with E-state index in [2.05, 4.69) is 23.3 Å². The topological polar surface area (TPSA) is 65.8 Å². The molecule has 0 radical (unpaired) electrons. The molecule has 1 amide bonds. The molecule has 0 aromatic carbocycles. The molecule has 1 aromatic heterocycles. The lowest BCUT2D eigenvalue weighted by atomic mass is 9.76. The van der Waals surface area contributed by atoms with E-state index in [1.54, 1.807) is 0 Å². The van der Waals surface area contributed by atoms with Crippen LogP contribution in [0.15, 0.2) is 18.5 Å². The molecule has 1 N–H and O–H groups in total. The third-order valence-corrected chi connectivity index (χ3v) is 4.07. The van der Waals surface area contributed by atoms with E-state index in [0.29, 0.717) is 18.8 Å². The molecular weight excluding hydrogens is 257 g/mol. The number of nitrogens with zero attached hydrogens (tertiary/aromatic N) is 2. The van der Waals surface area contributed by atoms with E-state index in [-0.39, 0.29) is 5.56 Å². The fraction of sp³-hybridized carbons (Fsp3) is 0.533. The zero-order chi connectivity index (χ0) is 14.6. The molecule has 106 valence electrons. The lowest BCUT2D eigenvalue weighted by Gasteiger charge is -2.35. The van der Waals surface area contributed by atoms with Crippen molar-refractivity contribution < 1.29 is 9.18 Å². The maximum Gasteiger partial charge on any atom is 0.254 e. The number of hydrogen-bond acceptors (Lipinski definition) is 3. The first kappa shape index (κ1) is 14.4. The number of amides is 1. The summed E-state index contributed by atoms with van der Waals surface area (Å²) in [5.41, 5.74) is -0.674. The van der Waals surface area contributed by atoms with E-state index in [9.17, 15) is 14.4 Å². The van der Waals surface area contributed by atoms with Crippen LogP contribution >= 0.6 is 0 Å². The molecule has 1 aliphatic rings. The highest BCUT2D eigenvalue weighted by Crippen LogP contribution is 2.33. The monoisotopic (exact) mass is 275 g/mol. The first-order chi connectivity index (χ1) is 9.58. The zero-order valence-electron chi connectivity index (χ0n) is 11.5. The average molecular weight is 275 g/mol. The van der Waals surface area contributed by atoms with E-state index in [1.165, 1.54) is 6.20 Å². The van der Waals surface area contributed by atoms with Gasteiger partial charge in [-0.2, -0.15) is 5.26 Å². The van der Waals surface area contributed by atoms with Gasteiger partial charge in [-0.1, -0.05) is 13.3 Å². The van der Waals surface area contributed by atoms with Crippen molar-refractivity contribution >= 4 is 5.91 Å². The van der Waals surface area contributed by atoms with Crippen molar-refractivity contribution in [2.45, 2.75) is 44.6 Å². The minimum absolute atomic E-state index is 0.150. The second-order valence-corrected chi connectivity index (χ2v) is 5.39. The number of nitrogens with one attached hydrogen (secondary N) is 1. The molecule has 0 saturated heterocycles. The number of carbonyl (C=O) groups excluding carboxylic acids is 1. The Morgan fingerprint density at radius 3 is 2.80 bits per heavy atom. The van der Waals surface area contributed by atoms with Gasteiger partial charge in [0.2, 0.25) is 0 Å². The van der Waals surface area contributed by atoms with E-state index < -0.39 is 17.3 Å². The van der Waals surface area contributed by atoms with Gasteiger partial charge < -0.3 is 5.32 Å². The molecule has 1 aliphatic carbocycles. The minimum atomic E-state index is -0.824. The highest BCUT2D eigenvalue weighted by molar-refractivity contribution is 5.94. The van der Waals surface area contributed by atoms with E-state index >= 15 is 0 Å². The summed E-state index contributed by atoms with van der Waals surface area (Å²) in [7, 11) is 0. The Hall–Kier alpha value is -1.96. The van der Waals surface area contributed by atoms with Gasteiger partial charge in [-0.15, -0.1) is 0 Å². The maximum atomic E-state index is 13.1. The summed E-state index contributed by atoms with van der Waals surface area (Å²) >= 11 is 0. The van der Waals surface area contributed by atoms with Crippen LogP contribution < -0.4 is 5.32 Å². The SMILES string of the molecule is CCC1CCC(C#N)(NC(=O)c2cncc(F)c2)CC1. The summed E-state index contributed by atoms with van der Waals surface area (Å²) in [6.07, 6.45) is 6.62. The second-order valence-electron chi connectivity index (χ2n) is 5.39. The van der Waals surface area contributed by atoms with Gasteiger partial charge in [0.05, 0.1) is 17.8 Å². The lowest BCUT2D eigenvalue weighted by molar-refractivity contribution is 0.0890. The van der Waals surface area contributed by atoms with Gasteiger partial charge in [0, 0.05) is 6.20 Å². The quantitative estimate of drug-likeness (QED) is 0.922. The third kappa shape index (κ3) is 3.13. The summed E-state index contributed by atoms with van der Waals surface area (Å²) < 4.78 is 13.1. The van der Waals surface area contributed by atoms with Gasteiger partial charge in [0.15, 0.2) is 0 Å². The van der Waals surface area contributed by atoms with Gasteiger partial charge in [-0.25, -0.2) is 4.39 Å². The van der Waals surface area contributed by atoms with Crippen molar-refractivity contribution in [3.05, 3.63) is 29.8 Å². The summed E-state index contributed by atoms with van der Waals surface area (Å²) in [5, 5.41) is 12.2. The van der Waals surface area contributed by atoms with Crippen LogP contribution in [0.1, 0.15) is 49.4 Å². The highest BCUT2D eigenvalue weighted by atomic mass is 19.1. The average Bonchev–Trinajstić information content (AvgIpc) is 2.48. The van der Waals surface area contributed by atoms with Crippen LogP contribution in [0.5, 0.6) is 0 Å². The highest BCUT2D eigenvalue weighted by Gasteiger charge is 2.36. The van der Waals surface area contributed by atoms with E-state index in [0.717, 1.165) is 31.5 Å². The summed E-state index contributed by atoms with van der Waals surface area (Å²) in [5.74, 6) is -0.365. The Bertz CT molecular complexity index is 530. The number of halogens is 1. The molecule has 1 fully saturated rings. The van der Waals surface area contributed by atoms with Crippen LogP contribution in [0, 0.1) is 23.1 Å². The van der Waals surface area contributed by atoms with Crippen molar-refractivity contribution in [3.8, 4) is 6.07 Å². The van der Waals surface area contributed by atoms with Gasteiger partial charge in [-0.3, -0.25) is 9.78 Å². The lowest BCUT2D eigenvalue weighted by Crippen LogP contribution is -2.49. The molecule has 0 aliphatic heterocycles. The Labute approximate surface area is 118 Å².